The Kier molecular flexibility index (Phi) is 7.30. The maximum absolute atomic E-state index is 2.51. The fourth-order valence-corrected chi connectivity index (χ4v) is 9.51. The second-order valence-electron chi connectivity index (χ2n) is 16.8. The van der Waals surface area contributed by atoms with Crippen molar-refractivity contribution in [2.75, 3.05) is 4.90 Å². The summed E-state index contributed by atoms with van der Waals surface area (Å²) in [5, 5.41) is 2.59. The molecule has 0 aromatic heterocycles. The minimum Gasteiger partial charge on any atom is -0.310 e. The molecule has 1 nitrogen and oxygen atoms in total. The Bertz CT molecular complexity index is 2690. The quantitative estimate of drug-likeness (QED) is 0.167. The molecule has 6 aromatic rings. The molecule has 0 saturated carbocycles. The number of para-hydroxylation sites is 1. The van der Waals surface area contributed by atoms with Crippen LogP contribution < -0.4 is 4.90 Å². The monoisotopic (exact) mass is 695 g/mol. The fraction of sp³-hybridized carbons (Fsp3) is 0.170. The summed E-state index contributed by atoms with van der Waals surface area (Å²) in [6.07, 6.45) is 6.88. The largest absolute Gasteiger partial charge is 0.310 e. The highest BCUT2D eigenvalue weighted by Crippen LogP contribution is 2.66. The van der Waals surface area contributed by atoms with Gasteiger partial charge in [0.2, 0.25) is 0 Å². The topological polar surface area (TPSA) is 3.24 Å². The van der Waals surface area contributed by atoms with E-state index in [0.29, 0.717) is 0 Å². The number of hydrogen-bond acceptors (Lipinski definition) is 1. The van der Waals surface area contributed by atoms with Gasteiger partial charge in [-0.15, -0.1) is 0 Å². The number of fused-ring (bicyclic) bond motifs is 7. The molecule has 262 valence electrons. The lowest BCUT2D eigenvalue weighted by Gasteiger charge is -2.39. The van der Waals surface area contributed by atoms with Crippen LogP contribution in [0.2, 0.25) is 0 Å². The van der Waals surface area contributed by atoms with E-state index >= 15 is 0 Å². The van der Waals surface area contributed by atoms with Crippen molar-refractivity contribution in [1.29, 1.82) is 0 Å². The Morgan fingerprint density at radius 3 is 2.06 bits per heavy atom. The normalized spacial score (nSPS) is 15.0. The van der Waals surface area contributed by atoms with Gasteiger partial charge in [-0.3, -0.25) is 0 Å². The number of anilines is 2. The van der Waals surface area contributed by atoms with Crippen LogP contribution in [0, 0.1) is 0 Å². The van der Waals surface area contributed by atoms with Crippen LogP contribution in [0.25, 0.3) is 60.9 Å². The molecule has 0 fully saturated rings. The summed E-state index contributed by atoms with van der Waals surface area (Å²) < 4.78 is 0. The zero-order valence-corrected chi connectivity index (χ0v) is 31.9. The third-order valence-corrected chi connectivity index (χ3v) is 12.2. The predicted molar refractivity (Wildman–Crippen MR) is 230 cm³/mol. The number of hydrogen-bond donors (Lipinski definition) is 0. The van der Waals surface area contributed by atoms with E-state index in [2.05, 4.69) is 197 Å². The molecule has 0 heterocycles. The molecule has 0 N–H and O–H groups in total. The minimum absolute atomic E-state index is 0.0475. The lowest BCUT2D eigenvalue weighted by Crippen LogP contribution is -2.25. The Labute approximate surface area is 320 Å². The van der Waals surface area contributed by atoms with Gasteiger partial charge in [-0.05, 0) is 126 Å². The number of rotatable bonds is 6. The van der Waals surface area contributed by atoms with E-state index in [4.69, 9.17) is 0 Å². The summed E-state index contributed by atoms with van der Waals surface area (Å²) in [6, 6.07) is 53.9. The zero-order valence-electron chi connectivity index (χ0n) is 31.9. The maximum Gasteiger partial charge on any atom is 0.0540 e. The Morgan fingerprint density at radius 2 is 1.24 bits per heavy atom. The van der Waals surface area contributed by atoms with E-state index in [9.17, 15) is 0 Å². The zero-order chi connectivity index (χ0) is 36.8. The first-order chi connectivity index (χ1) is 26.2. The van der Waals surface area contributed by atoms with Gasteiger partial charge in [-0.25, -0.2) is 0 Å². The molecule has 4 aliphatic rings. The van der Waals surface area contributed by atoms with Crippen LogP contribution in [0.15, 0.2) is 163 Å². The molecule has 0 radical (unpaired) electrons. The van der Waals surface area contributed by atoms with Crippen LogP contribution in [0.5, 0.6) is 0 Å². The van der Waals surface area contributed by atoms with Crippen LogP contribution in [-0.4, -0.2) is 0 Å². The molecule has 10 rings (SSSR count). The van der Waals surface area contributed by atoms with Crippen molar-refractivity contribution in [3.63, 3.8) is 0 Å². The SMILES string of the molecule is CC(C)(C)c1cc2c3c(c1-2)C(C)(C)c1cccc(-c2ccccc2N(C2=CCCC(c4cccc5ccccc45)=C2)c2ccc(-c4ccccc4)cc2)c1-3. The van der Waals surface area contributed by atoms with E-state index in [-0.39, 0.29) is 10.8 Å². The van der Waals surface area contributed by atoms with E-state index in [0.717, 1.165) is 18.5 Å². The smallest absolute Gasteiger partial charge is 0.0540 e. The number of allylic oxidation sites excluding steroid dienone is 3. The summed E-state index contributed by atoms with van der Waals surface area (Å²) in [6.45, 7) is 11.9. The van der Waals surface area contributed by atoms with Crippen molar-refractivity contribution in [1.82, 2.24) is 0 Å². The number of benzene rings is 7. The highest BCUT2D eigenvalue weighted by molar-refractivity contribution is 6.12. The second-order valence-corrected chi connectivity index (χ2v) is 16.8. The second kappa shape index (κ2) is 12.1. The van der Waals surface area contributed by atoms with E-state index in [1.807, 2.05) is 0 Å². The van der Waals surface area contributed by atoms with Crippen LogP contribution in [0.3, 0.4) is 0 Å². The molecule has 4 aliphatic carbocycles. The Hall–Kier alpha value is -5.92. The van der Waals surface area contributed by atoms with Crippen LogP contribution >= 0.6 is 0 Å². The van der Waals surface area contributed by atoms with Gasteiger partial charge >= 0.3 is 0 Å². The Balaban J connectivity index is 1.16. The first-order valence-corrected chi connectivity index (χ1v) is 19.5. The molecular weight excluding hydrogens is 651 g/mol. The van der Waals surface area contributed by atoms with Crippen molar-refractivity contribution in [3.8, 4) is 44.5 Å². The van der Waals surface area contributed by atoms with Crippen LogP contribution in [0.4, 0.5) is 11.4 Å². The summed E-state index contributed by atoms with van der Waals surface area (Å²) in [7, 11) is 0. The fourth-order valence-electron chi connectivity index (χ4n) is 9.51. The first-order valence-electron chi connectivity index (χ1n) is 19.5. The average molecular weight is 696 g/mol. The van der Waals surface area contributed by atoms with Gasteiger partial charge in [0.1, 0.15) is 0 Å². The van der Waals surface area contributed by atoms with Gasteiger partial charge in [0.25, 0.3) is 0 Å². The number of nitrogens with zero attached hydrogens (tertiary/aromatic N) is 1. The molecule has 0 atom stereocenters. The van der Waals surface area contributed by atoms with Gasteiger partial charge < -0.3 is 4.90 Å². The van der Waals surface area contributed by atoms with Gasteiger partial charge in [-0.2, -0.15) is 0 Å². The summed E-state index contributed by atoms with van der Waals surface area (Å²) >= 11 is 0. The molecule has 6 aromatic carbocycles. The first kappa shape index (κ1) is 32.7. The molecule has 0 amide bonds. The van der Waals surface area contributed by atoms with Gasteiger partial charge in [-0.1, -0.05) is 162 Å². The van der Waals surface area contributed by atoms with Crippen LogP contribution in [-0.2, 0) is 10.8 Å². The molecule has 0 saturated heterocycles. The van der Waals surface area contributed by atoms with E-state index < -0.39 is 0 Å². The lowest BCUT2D eigenvalue weighted by atomic mass is 9.64. The third-order valence-electron chi connectivity index (χ3n) is 12.2. The molecule has 1 heteroatoms. The molecule has 54 heavy (non-hydrogen) atoms. The molecular formula is C53H45N. The van der Waals surface area contributed by atoms with Gasteiger partial charge in [0.05, 0.1) is 5.69 Å². The van der Waals surface area contributed by atoms with Gasteiger partial charge in [0, 0.05) is 22.4 Å². The third kappa shape index (κ3) is 4.91. The molecule has 0 bridgehead atoms. The highest BCUT2D eigenvalue weighted by Gasteiger charge is 2.48. The van der Waals surface area contributed by atoms with Crippen molar-refractivity contribution in [2.45, 2.75) is 58.3 Å². The van der Waals surface area contributed by atoms with Crippen molar-refractivity contribution in [3.05, 3.63) is 186 Å². The van der Waals surface area contributed by atoms with Crippen molar-refractivity contribution in [2.24, 2.45) is 0 Å². The van der Waals surface area contributed by atoms with Crippen LogP contribution in [0.1, 0.15) is 69.7 Å². The predicted octanol–water partition coefficient (Wildman–Crippen LogP) is 14.7. The average Bonchev–Trinajstić information content (AvgIpc) is 3.38. The van der Waals surface area contributed by atoms with Crippen molar-refractivity contribution < 1.29 is 0 Å². The van der Waals surface area contributed by atoms with E-state index in [1.165, 1.54) is 94.5 Å². The molecule has 0 aliphatic heterocycles. The van der Waals surface area contributed by atoms with Crippen molar-refractivity contribution >= 4 is 27.7 Å². The maximum atomic E-state index is 2.51. The summed E-state index contributed by atoms with van der Waals surface area (Å²) in [5.41, 5.74) is 21.7. The van der Waals surface area contributed by atoms with E-state index in [1.54, 1.807) is 0 Å². The molecule has 0 spiro atoms. The summed E-state index contributed by atoms with van der Waals surface area (Å²) in [5.74, 6) is 0. The van der Waals surface area contributed by atoms with Gasteiger partial charge in [0.15, 0.2) is 0 Å². The Morgan fingerprint density at radius 1 is 0.574 bits per heavy atom. The lowest BCUT2D eigenvalue weighted by molar-refractivity contribution is 0.581. The standard InChI is InChI=1S/C53H45N/c1-52(2,3)46-33-44-49(46)51-50(44)48-43(25-15-26-45(48)53(51,4)5)42-23-11-12-27-47(42)54(38-30-28-35(29-31-38)34-16-7-6-8-17-34)39-21-13-20-37(32-39)41-24-14-19-36-18-9-10-22-40(36)41/h6-12,14-19,21-33H,13,20H2,1-5H3. The minimum atomic E-state index is -0.0475. The highest BCUT2D eigenvalue weighted by atomic mass is 15.1. The summed E-state index contributed by atoms with van der Waals surface area (Å²) in [4.78, 5) is 2.51. The molecule has 0 unspecified atom stereocenters.